The molecule has 21 heavy (non-hydrogen) atoms. The summed E-state index contributed by atoms with van der Waals surface area (Å²) >= 11 is 6.16. The number of halogens is 1. The van der Waals surface area contributed by atoms with Crippen LogP contribution in [-0.2, 0) is 0 Å². The van der Waals surface area contributed by atoms with Gasteiger partial charge in [-0.05, 0) is 25.0 Å². The molecule has 0 aromatic carbocycles. The summed E-state index contributed by atoms with van der Waals surface area (Å²) in [7, 11) is 2.07. The Balaban J connectivity index is 1.64. The van der Waals surface area contributed by atoms with Crippen molar-refractivity contribution in [3.8, 4) is 0 Å². The van der Waals surface area contributed by atoms with Crippen LogP contribution in [0.4, 0.5) is 11.6 Å². The lowest BCUT2D eigenvalue weighted by molar-refractivity contribution is 0.477. The number of anilines is 2. The smallest absolute Gasteiger partial charge is 0.151 e. The molecule has 1 aliphatic heterocycles. The average molecular weight is 305 g/mol. The molecule has 0 N–H and O–H groups in total. The third-order valence-corrected chi connectivity index (χ3v) is 4.15. The Hall–Kier alpha value is -1.95. The Morgan fingerprint density at radius 2 is 2.14 bits per heavy atom. The quantitative estimate of drug-likeness (QED) is 0.865. The van der Waals surface area contributed by atoms with E-state index in [0.717, 1.165) is 37.6 Å². The van der Waals surface area contributed by atoms with Crippen LogP contribution < -0.4 is 9.80 Å². The summed E-state index contributed by atoms with van der Waals surface area (Å²) in [6, 6.07) is 4.36. The molecule has 2 aromatic rings. The molecule has 2 aromatic heterocycles. The first-order chi connectivity index (χ1) is 10.3. The van der Waals surface area contributed by atoms with Crippen LogP contribution in [0.5, 0.6) is 0 Å². The summed E-state index contributed by atoms with van der Waals surface area (Å²) in [5, 5.41) is 8.71. The van der Waals surface area contributed by atoms with Gasteiger partial charge in [0.2, 0.25) is 0 Å². The van der Waals surface area contributed by atoms with Crippen molar-refractivity contribution < 1.29 is 0 Å². The van der Waals surface area contributed by atoms with Gasteiger partial charge in [0.15, 0.2) is 11.6 Å². The number of hydrogen-bond acceptors (Lipinski definition) is 6. The van der Waals surface area contributed by atoms with Crippen molar-refractivity contribution in [3.05, 3.63) is 35.9 Å². The molecule has 3 rings (SSSR count). The molecule has 7 heteroatoms. The van der Waals surface area contributed by atoms with Crippen molar-refractivity contribution in [3.63, 3.8) is 0 Å². The predicted molar refractivity (Wildman–Crippen MR) is 82.7 cm³/mol. The summed E-state index contributed by atoms with van der Waals surface area (Å²) in [5.74, 6) is 1.74. The Morgan fingerprint density at radius 3 is 2.81 bits per heavy atom. The first-order valence-electron chi connectivity index (χ1n) is 6.96. The van der Waals surface area contributed by atoms with E-state index < -0.39 is 0 Å². The highest BCUT2D eigenvalue weighted by molar-refractivity contribution is 6.32. The lowest BCUT2D eigenvalue weighted by atomic mass is 10.0. The van der Waals surface area contributed by atoms with Gasteiger partial charge in [-0.2, -0.15) is 5.10 Å². The first-order valence-corrected chi connectivity index (χ1v) is 7.34. The normalized spacial score (nSPS) is 16.0. The van der Waals surface area contributed by atoms with Crippen molar-refractivity contribution in [2.24, 2.45) is 0 Å². The van der Waals surface area contributed by atoms with Gasteiger partial charge in [0.25, 0.3) is 0 Å². The Kier molecular flexibility index (Phi) is 4.15. The van der Waals surface area contributed by atoms with Crippen LogP contribution >= 0.6 is 11.6 Å². The van der Waals surface area contributed by atoms with Crippen LogP contribution in [0.3, 0.4) is 0 Å². The minimum absolute atomic E-state index is 0.457. The van der Waals surface area contributed by atoms with E-state index in [0.29, 0.717) is 11.1 Å². The fourth-order valence-corrected chi connectivity index (χ4v) is 2.90. The van der Waals surface area contributed by atoms with E-state index in [1.807, 2.05) is 12.1 Å². The maximum absolute atomic E-state index is 6.16. The topological polar surface area (TPSA) is 58.0 Å². The second kappa shape index (κ2) is 6.22. The molecule has 3 heterocycles. The zero-order valence-corrected chi connectivity index (χ0v) is 12.6. The average Bonchev–Trinajstić information content (AvgIpc) is 2.56. The zero-order valence-electron chi connectivity index (χ0n) is 11.9. The minimum atomic E-state index is 0.457. The van der Waals surface area contributed by atoms with Gasteiger partial charge in [0.1, 0.15) is 11.3 Å². The summed E-state index contributed by atoms with van der Waals surface area (Å²) in [6.45, 7) is 1.85. The molecule has 0 unspecified atom stereocenters. The second-order valence-electron chi connectivity index (χ2n) is 5.11. The monoisotopic (exact) mass is 304 g/mol. The maximum atomic E-state index is 6.16. The van der Waals surface area contributed by atoms with Crippen LogP contribution in [0.25, 0.3) is 0 Å². The number of aromatic nitrogens is 4. The highest BCUT2D eigenvalue weighted by Crippen LogP contribution is 2.26. The van der Waals surface area contributed by atoms with Crippen LogP contribution in [0.1, 0.15) is 12.8 Å². The number of nitrogens with zero attached hydrogens (tertiary/aromatic N) is 6. The van der Waals surface area contributed by atoms with Crippen molar-refractivity contribution in [2.75, 3.05) is 29.9 Å². The Morgan fingerprint density at radius 1 is 1.33 bits per heavy atom. The van der Waals surface area contributed by atoms with Crippen LogP contribution in [0.15, 0.2) is 30.9 Å². The van der Waals surface area contributed by atoms with Crippen LogP contribution in [-0.4, -0.2) is 46.3 Å². The highest BCUT2D eigenvalue weighted by atomic mass is 35.5. The molecule has 1 saturated heterocycles. The van der Waals surface area contributed by atoms with Gasteiger partial charge in [-0.25, -0.2) is 9.97 Å². The SMILES string of the molecule is CN(c1cccnn1)C1CCN(c2ncncc2Cl)CC1. The molecule has 1 fully saturated rings. The third kappa shape index (κ3) is 3.05. The van der Waals surface area contributed by atoms with E-state index in [-0.39, 0.29) is 0 Å². The van der Waals surface area contributed by atoms with E-state index in [9.17, 15) is 0 Å². The summed E-state index contributed by atoms with van der Waals surface area (Å²) in [6.07, 6.45) is 6.94. The summed E-state index contributed by atoms with van der Waals surface area (Å²) in [5.41, 5.74) is 0. The molecule has 0 amide bonds. The van der Waals surface area contributed by atoms with Gasteiger partial charge < -0.3 is 9.80 Å². The summed E-state index contributed by atoms with van der Waals surface area (Å²) < 4.78 is 0. The third-order valence-electron chi connectivity index (χ3n) is 3.88. The maximum Gasteiger partial charge on any atom is 0.151 e. The standard InChI is InChI=1S/C14H17ClN6/c1-20(13-3-2-6-18-19-13)11-4-7-21(8-5-11)14-12(15)9-16-10-17-14/h2-3,6,9-11H,4-5,7-8H2,1H3. The molecular formula is C14H17ClN6. The van der Waals surface area contributed by atoms with Crippen molar-refractivity contribution in [1.82, 2.24) is 20.2 Å². The van der Waals surface area contributed by atoms with E-state index >= 15 is 0 Å². The lowest BCUT2D eigenvalue weighted by Gasteiger charge is -2.37. The van der Waals surface area contributed by atoms with Gasteiger partial charge in [-0.15, -0.1) is 5.10 Å². The van der Waals surface area contributed by atoms with Gasteiger partial charge in [-0.1, -0.05) is 11.6 Å². The zero-order chi connectivity index (χ0) is 14.7. The van der Waals surface area contributed by atoms with Gasteiger partial charge >= 0.3 is 0 Å². The van der Waals surface area contributed by atoms with Gasteiger partial charge in [0.05, 0.1) is 6.20 Å². The molecule has 0 spiro atoms. The van der Waals surface area contributed by atoms with Crippen molar-refractivity contribution in [1.29, 1.82) is 0 Å². The van der Waals surface area contributed by atoms with Crippen molar-refractivity contribution >= 4 is 23.2 Å². The lowest BCUT2D eigenvalue weighted by Crippen LogP contribution is -2.44. The highest BCUT2D eigenvalue weighted by Gasteiger charge is 2.25. The van der Waals surface area contributed by atoms with E-state index in [4.69, 9.17) is 11.6 Å². The molecular weight excluding hydrogens is 288 g/mol. The molecule has 0 atom stereocenters. The Bertz CT molecular complexity index is 585. The summed E-state index contributed by atoms with van der Waals surface area (Å²) in [4.78, 5) is 12.6. The molecule has 0 radical (unpaired) electrons. The van der Waals surface area contributed by atoms with Crippen LogP contribution in [0.2, 0.25) is 5.02 Å². The van der Waals surface area contributed by atoms with E-state index in [1.54, 1.807) is 18.7 Å². The van der Waals surface area contributed by atoms with E-state index in [2.05, 4.69) is 37.0 Å². The minimum Gasteiger partial charge on any atom is -0.355 e. The fourth-order valence-electron chi connectivity index (χ4n) is 2.67. The number of piperidine rings is 1. The second-order valence-corrected chi connectivity index (χ2v) is 5.51. The predicted octanol–water partition coefficient (Wildman–Crippen LogP) is 2.03. The van der Waals surface area contributed by atoms with Crippen molar-refractivity contribution in [2.45, 2.75) is 18.9 Å². The van der Waals surface area contributed by atoms with Gasteiger partial charge in [-0.3, -0.25) is 0 Å². The fraction of sp³-hybridized carbons (Fsp3) is 0.429. The molecule has 0 aliphatic carbocycles. The van der Waals surface area contributed by atoms with Gasteiger partial charge in [0, 0.05) is 32.4 Å². The first kappa shape index (κ1) is 14.0. The molecule has 110 valence electrons. The molecule has 6 nitrogen and oxygen atoms in total. The molecule has 0 bridgehead atoms. The largest absolute Gasteiger partial charge is 0.355 e. The van der Waals surface area contributed by atoms with E-state index in [1.165, 1.54) is 0 Å². The Labute approximate surface area is 128 Å². The number of rotatable bonds is 3. The molecule has 1 aliphatic rings. The number of hydrogen-bond donors (Lipinski definition) is 0. The molecule has 0 saturated carbocycles. The van der Waals surface area contributed by atoms with Crippen LogP contribution in [0, 0.1) is 0 Å².